The van der Waals surface area contributed by atoms with Gasteiger partial charge >= 0.3 is 0 Å². The molecule has 0 aromatic carbocycles. The van der Waals surface area contributed by atoms with E-state index in [1.54, 1.807) is 13.8 Å². The van der Waals surface area contributed by atoms with Gasteiger partial charge in [0, 0.05) is 17.7 Å². The van der Waals surface area contributed by atoms with Crippen molar-refractivity contribution < 1.29 is 4.79 Å². The fourth-order valence-corrected chi connectivity index (χ4v) is 1.38. The van der Waals surface area contributed by atoms with Crippen LogP contribution in [0.25, 0.3) is 0 Å². The van der Waals surface area contributed by atoms with Gasteiger partial charge in [0.25, 0.3) is 0 Å². The maximum absolute atomic E-state index is 11.3. The number of aliphatic imine (C=N–C) groups is 1. The number of rotatable bonds is 4. The summed E-state index contributed by atoms with van der Waals surface area (Å²) < 4.78 is 0. The third kappa shape index (κ3) is 3.75. The Morgan fingerprint density at radius 1 is 1.54 bits per heavy atom. The standard InChI is InChI=1S/C9H11Cl2NO/c1-4-8(13)9(6(2)10)7(11)5-12-3/h5H,3-4H2,1-2H3/b7-5+,9-6-. The van der Waals surface area contributed by atoms with Gasteiger partial charge in [-0.25, -0.2) is 0 Å². The van der Waals surface area contributed by atoms with Crippen LogP contribution < -0.4 is 0 Å². The maximum Gasteiger partial charge on any atom is 0.165 e. The molecule has 0 aliphatic heterocycles. The van der Waals surface area contributed by atoms with Crippen molar-refractivity contribution in [3.8, 4) is 0 Å². The first-order chi connectivity index (χ1) is 6.04. The molecule has 0 aromatic heterocycles. The first-order valence-corrected chi connectivity index (χ1v) is 4.51. The Morgan fingerprint density at radius 3 is 2.38 bits per heavy atom. The van der Waals surface area contributed by atoms with Crippen molar-refractivity contribution >= 4 is 35.7 Å². The number of Topliss-reactive ketones (excluding diaryl/α,β-unsaturated/α-hetero) is 1. The largest absolute Gasteiger partial charge is 0.294 e. The molecule has 0 spiro atoms. The van der Waals surface area contributed by atoms with Crippen LogP contribution in [0.5, 0.6) is 0 Å². The second kappa shape index (κ2) is 5.95. The van der Waals surface area contributed by atoms with Crippen molar-refractivity contribution in [3.05, 3.63) is 21.8 Å². The predicted octanol–water partition coefficient (Wildman–Crippen LogP) is 3.26. The van der Waals surface area contributed by atoms with Crippen molar-refractivity contribution in [2.45, 2.75) is 20.3 Å². The van der Waals surface area contributed by atoms with Gasteiger partial charge in [0.1, 0.15) is 0 Å². The summed E-state index contributed by atoms with van der Waals surface area (Å²) in [7, 11) is 0. The minimum Gasteiger partial charge on any atom is -0.294 e. The molecule has 0 aliphatic carbocycles. The lowest BCUT2D eigenvalue weighted by molar-refractivity contribution is -0.115. The van der Waals surface area contributed by atoms with Gasteiger partial charge in [0.05, 0.1) is 10.6 Å². The van der Waals surface area contributed by atoms with E-state index in [2.05, 4.69) is 11.7 Å². The summed E-state index contributed by atoms with van der Waals surface area (Å²) in [6.07, 6.45) is 1.66. The molecule has 0 N–H and O–H groups in total. The first-order valence-electron chi connectivity index (χ1n) is 3.76. The van der Waals surface area contributed by atoms with Crippen LogP contribution in [-0.4, -0.2) is 12.5 Å². The van der Waals surface area contributed by atoms with Crippen LogP contribution in [-0.2, 0) is 4.79 Å². The summed E-state index contributed by atoms with van der Waals surface area (Å²) in [6.45, 7) is 6.60. The number of hydrogen-bond acceptors (Lipinski definition) is 2. The lowest BCUT2D eigenvalue weighted by atomic mass is 10.1. The third-order valence-corrected chi connectivity index (χ3v) is 1.86. The van der Waals surface area contributed by atoms with Crippen LogP contribution >= 0.6 is 23.2 Å². The molecule has 0 unspecified atom stereocenters. The molecule has 0 amide bonds. The highest BCUT2D eigenvalue weighted by atomic mass is 35.5. The van der Waals surface area contributed by atoms with Crippen molar-refractivity contribution in [1.82, 2.24) is 0 Å². The molecule has 72 valence electrons. The van der Waals surface area contributed by atoms with E-state index < -0.39 is 0 Å². The number of ketones is 1. The normalized spacial score (nSPS) is 13.7. The van der Waals surface area contributed by atoms with E-state index in [1.807, 2.05) is 0 Å². The molecular formula is C9H11Cl2NO. The average Bonchev–Trinajstić information content (AvgIpc) is 2.04. The topological polar surface area (TPSA) is 29.4 Å². The number of carbonyl (C=O) groups is 1. The quantitative estimate of drug-likeness (QED) is 0.406. The molecule has 13 heavy (non-hydrogen) atoms. The van der Waals surface area contributed by atoms with E-state index in [-0.39, 0.29) is 10.8 Å². The lowest BCUT2D eigenvalue weighted by Crippen LogP contribution is -2.02. The highest BCUT2D eigenvalue weighted by Crippen LogP contribution is 2.23. The van der Waals surface area contributed by atoms with Gasteiger partial charge in [-0.3, -0.25) is 9.79 Å². The van der Waals surface area contributed by atoms with Crippen LogP contribution in [0.3, 0.4) is 0 Å². The number of halogens is 2. The van der Waals surface area contributed by atoms with Gasteiger partial charge in [0.15, 0.2) is 5.78 Å². The minimum atomic E-state index is -0.0996. The molecule has 4 heteroatoms. The lowest BCUT2D eigenvalue weighted by Gasteiger charge is -2.03. The SMILES string of the molecule is C=N/C=C(Cl)\C(C(=O)CC)=C(/C)Cl. The fraction of sp³-hybridized carbons (Fsp3) is 0.333. The molecule has 0 heterocycles. The summed E-state index contributed by atoms with van der Waals surface area (Å²) in [4.78, 5) is 14.8. The number of allylic oxidation sites excluding steroid dienone is 3. The summed E-state index contributed by atoms with van der Waals surface area (Å²) in [6, 6.07) is 0. The molecule has 0 bridgehead atoms. The van der Waals surface area contributed by atoms with Crippen LogP contribution in [0.2, 0.25) is 0 Å². The van der Waals surface area contributed by atoms with Gasteiger partial charge < -0.3 is 0 Å². The highest BCUT2D eigenvalue weighted by Gasteiger charge is 2.13. The Balaban J connectivity index is 5.07. The van der Waals surface area contributed by atoms with Gasteiger partial charge in [-0.1, -0.05) is 30.1 Å². The molecule has 0 saturated heterocycles. The fourth-order valence-electron chi connectivity index (χ4n) is 0.811. The summed E-state index contributed by atoms with van der Waals surface area (Å²) in [5.41, 5.74) is 0.318. The van der Waals surface area contributed by atoms with Crippen molar-refractivity contribution in [1.29, 1.82) is 0 Å². The van der Waals surface area contributed by atoms with Gasteiger partial charge in [0.2, 0.25) is 0 Å². The summed E-state index contributed by atoms with van der Waals surface area (Å²) >= 11 is 11.5. The molecule has 0 rings (SSSR count). The van der Waals surface area contributed by atoms with Crippen LogP contribution in [0.1, 0.15) is 20.3 Å². The monoisotopic (exact) mass is 219 g/mol. The molecular weight excluding hydrogens is 209 g/mol. The molecule has 0 atom stereocenters. The Hall–Kier alpha value is -0.600. The van der Waals surface area contributed by atoms with Crippen LogP contribution in [0.4, 0.5) is 0 Å². The van der Waals surface area contributed by atoms with E-state index >= 15 is 0 Å². The maximum atomic E-state index is 11.3. The average molecular weight is 220 g/mol. The second-order valence-corrected chi connectivity index (χ2v) is 3.32. The van der Waals surface area contributed by atoms with E-state index in [1.165, 1.54) is 6.20 Å². The zero-order chi connectivity index (χ0) is 10.4. The smallest absolute Gasteiger partial charge is 0.165 e. The van der Waals surface area contributed by atoms with E-state index in [0.29, 0.717) is 17.0 Å². The van der Waals surface area contributed by atoms with E-state index in [4.69, 9.17) is 23.2 Å². The van der Waals surface area contributed by atoms with Crippen molar-refractivity contribution in [3.63, 3.8) is 0 Å². The van der Waals surface area contributed by atoms with Gasteiger partial charge in [-0.2, -0.15) is 0 Å². The Bertz CT molecular complexity index is 275. The van der Waals surface area contributed by atoms with Crippen LogP contribution in [0, 0.1) is 0 Å². The van der Waals surface area contributed by atoms with E-state index in [0.717, 1.165) is 0 Å². The molecule has 0 aromatic rings. The van der Waals surface area contributed by atoms with Crippen molar-refractivity contribution in [2.75, 3.05) is 0 Å². The molecule has 0 fully saturated rings. The highest BCUT2D eigenvalue weighted by molar-refractivity contribution is 6.39. The molecule has 0 saturated carbocycles. The van der Waals surface area contributed by atoms with E-state index in [9.17, 15) is 4.79 Å². The molecule has 0 aliphatic rings. The summed E-state index contributed by atoms with van der Waals surface area (Å²) in [5, 5.41) is 0.603. The number of hydrogen-bond donors (Lipinski definition) is 0. The first kappa shape index (κ1) is 12.4. The van der Waals surface area contributed by atoms with Crippen LogP contribution in [0.15, 0.2) is 26.8 Å². The Morgan fingerprint density at radius 2 is 2.08 bits per heavy atom. The van der Waals surface area contributed by atoms with Gasteiger partial charge in [-0.15, -0.1) is 0 Å². The second-order valence-electron chi connectivity index (χ2n) is 2.34. The van der Waals surface area contributed by atoms with Crippen molar-refractivity contribution in [2.24, 2.45) is 4.99 Å². The molecule has 0 radical (unpaired) electrons. The zero-order valence-electron chi connectivity index (χ0n) is 7.60. The Kier molecular flexibility index (Phi) is 5.67. The third-order valence-electron chi connectivity index (χ3n) is 1.39. The Labute approximate surface area is 87.9 Å². The zero-order valence-corrected chi connectivity index (χ0v) is 9.11. The summed E-state index contributed by atoms with van der Waals surface area (Å²) in [5.74, 6) is -0.0996. The molecule has 2 nitrogen and oxygen atoms in total. The number of nitrogens with zero attached hydrogens (tertiary/aromatic N) is 1. The van der Waals surface area contributed by atoms with Gasteiger partial charge in [-0.05, 0) is 13.6 Å². The predicted molar refractivity (Wildman–Crippen MR) is 57.3 cm³/mol. The minimum absolute atomic E-state index is 0.0996. The number of carbonyl (C=O) groups excluding carboxylic acids is 1.